The van der Waals surface area contributed by atoms with Crippen LogP contribution in [-0.4, -0.2) is 32.1 Å². The van der Waals surface area contributed by atoms with Crippen molar-refractivity contribution in [3.8, 4) is 0 Å². The van der Waals surface area contributed by atoms with E-state index in [4.69, 9.17) is 4.74 Å². The average molecular weight is 302 g/mol. The number of nitrogens with one attached hydrogen (secondary N) is 2. The topological polar surface area (TPSA) is 50.4 Å². The summed E-state index contributed by atoms with van der Waals surface area (Å²) in [5.74, 6) is 0.657. The molecule has 2 aliphatic rings. The molecule has 2 N–H and O–H groups in total. The van der Waals surface area contributed by atoms with Crippen molar-refractivity contribution in [2.24, 2.45) is 11.8 Å². The first-order valence-corrected chi connectivity index (χ1v) is 8.49. The van der Waals surface area contributed by atoms with E-state index >= 15 is 0 Å². The van der Waals surface area contributed by atoms with Crippen LogP contribution in [0.3, 0.4) is 0 Å². The van der Waals surface area contributed by atoms with Gasteiger partial charge in [0, 0.05) is 13.2 Å². The summed E-state index contributed by atoms with van der Waals surface area (Å²) in [6.07, 6.45) is 4.19. The minimum Gasteiger partial charge on any atom is -0.373 e. The van der Waals surface area contributed by atoms with Gasteiger partial charge in [0.25, 0.3) is 0 Å². The molecule has 1 amide bonds. The number of piperidine rings is 1. The van der Waals surface area contributed by atoms with Crippen molar-refractivity contribution in [3.05, 3.63) is 35.9 Å². The third-order valence-electron chi connectivity index (χ3n) is 4.75. The van der Waals surface area contributed by atoms with Gasteiger partial charge in [0.2, 0.25) is 5.91 Å². The normalized spacial score (nSPS) is 29.0. The Balaban J connectivity index is 1.59. The Bertz CT molecular complexity index is 471. The minimum atomic E-state index is -0.0977. The van der Waals surface area contributed by atoms with Gasteiger partial charge in [-0.05, 0) is 50.3 Å². The van der Waals surface area contributed by atoms with E-state index in [9.17, 15) is 4.79 Å². The maximum absolute atomic E-state index is 12.6. The minimum absolute atomic E-state index is 0.0623. The molecule has 0 saturated carbocycles. The molecule has 2 aliphatic heterocycles. The zero-order valence-corrected chi connectivity index (χ0v) is 13.1. The van der Waals surface area contributed by atoms with Crippen molar-refractivity contribution < 1.29 is 9.53 Å². The van der Waals surface area contributed by atoms with E-state index in [1.165, 1.54) is 12.8 Å². The van der Waals surface area contributed by atoms with E-state index in [0.29, 0.717) is 5.92 Å². The first kappa shape index (κ1) is 15.5. The number of ether oxygens (including phenoxy) is 1. The third-order valence-corrected chi connectivity index (χ3v) is 4.75. The molecule has 22 heavy (non-hydrogen) atoms. The number of carbonyl (C=O) groups excluding carboxylic acids is 1. The van der Waals surface area contributed by atoms with Gasteiger partial charge in [-0.2, -0.15) is 0 Å². The summed E-state index contributed by atoms with van der Waals surface area (Å²) in [5, 5.41) is 6.56. The highest BCUT2D eigenvalue weighted by atomic mass is 16.5. The van der Waals surface area contributed by atoms with Crippen LogP contribution in [0, 0.1) is 11.8 Å². The molecule has 4 nitrogen and oxygen atoms in total. The van der Waals surface area contributed by atoms with Crippen molar-refractivity contribution in [1.29, 1.82) is 0 Å². The van der Waals surface area contributed by atoms with Crippen LogP contribution < -0.4 is 10.6 Å². The summed E-state index contributed by atoms with van der Waals surface area (Å²) in [4.78, 5) is 12.6. The molecule has 3 rings (SSSR count). The standard InChI is InChI=1S/C18H26N2O2/c21-18(20-13-14-6-4-10-19-12-14)16-9-5-11-22-17(16)15-7-2-1-3-8-15/h1-3,7-8,14,16-17,19H,4-6,9-13H2,(H,20,21). The highest BCUT2D eigenvalue weighted by Gasteiger charge is 2.33. The molecule has 2 fully saturated rings. The summed E-state index contributed by atoms with van der Waals surface area (Å²) in [6.45, 7) is 3.65. The lowest BCUT2D eigenvalue weighted by Gasteiger charge is -2.32. The molecule has 0 aromatic heterocycles. The van der Waals surface area contributed by atoms with Crippen LogP contribution in [0.1, 0.15) is 37.4 Å². The average Bonchev–Trinajstić information content (AvgIpc) is 2.61. The van der Waals surface area contributed by atoms with Gasteiger partial charge in [0.05, 0.1) is 12.0 Å². The number of rotatable bonds is 4. The molecule has 120 valence electrons. The number of amides is 1. The zero-order valence-electron chi connectivity index (χ0n) is 13.1. The van der Waals surface area contributed by atoms with Crippen LogP contribution >= 0.6 is 0 Å². The summed E-state index contributed by atoms with van der Waals surface area (Å²) in [5.41, 5.74) is 1.11. The number of hydrogen-bond acceptors (Lipinski definition) is 3. The van der Waals surface area contributed by atoms with Crippen LogP contribution in [-0.2, 0) is 9.53 Å². The quantitative estimate of drug-likeness (QED) is 0.897. The van der Waals surface area contributed by atoms with Gasteiger partial charge < -0.3 is 15.4 Å². The summed E-state index contributed by atoms with van der Waals surface area (Å²) < 4.78 is 5.92. The third kappa shape index (κ3) is 3.87. The molecule has 0 aliphatic carbocycles. The lowest BCUT2D eigenvalue weighted by Crippen LogP contribution is -2.42. The number of carbonyl (C=O) groups is 1. The maximum Gasteiger partial charge on any atom is 0.226 e. The molecule has 3 unspecified atom stereocenters. The van der Waals surface area contributed by atoms with Crippen LogP contribution in [0.25, 0.3) is 0 Å². The molecule has 0 spiro atoms. The highest BCUT2D eigenvalue weighted by Crippen LogP contribution is 2.33. The Morgan fingerprint density at radius 1 is 1.23 bits per heavy atom. The van der Waals surface area contributed by atoms with Crippen molar-refractivity contribution in [2.45, 2.75) is 31.8 Å². The van der Waals surface area contributed by atoms with Gasteiger partial charge in [-0.25, -0.2) is 0 Å². The smallest absolute Gasteiger partial charge is 0.226 e. The predicted octanol–water partition coefficient (Wildman–Crippen LogP) is 2.27. The fraction of sp³-hybridized carbons (Fsp3) is 0.611. The Hall–Kier alpha value is -1.39. The van der Waals surface area contributed by atoms with E-state index in [1.54, 1.807) is 0 Å². The Morgan fingerprint density at radius 3 is 2.86 bits per heavy atom. The van der Waals surface area contributed by atoms with E-state index in [2.05, 4.69) is 22.8 Å². The molecule has 2 heterocycles. The summed E-state index contributed by atoms with van der Waals surface area (Å²) >= 11 is 0. The van der Waals surface area contributed by atoms with E-state index in [-0.39, 0.29) is 17.9 Å². The van der Waals surface area contributed by atoms with E-state index in [1.807, 2.05) is 18.2 Å². The van der Waals surface area contributed by atoms with Crippen LogP contribution in [0.2, 0.25) is 0 Å². The first-order valence-electron chi connectivity index (χ1n) is 8.49. The Kier molecular flexibility index (Phi) is 5.46. The van der Waals surface area contributed by atoms with E-state index in [0.717, 1.165) is 44.6 Å². The molecular formula is C18H26N2O2. The molecule has 3 atom stereocenters. The molecular weight excluding hydrogens is 276 g/mol. The second-order valence-electron chi connectivity index (χ2n) is 6.41. The summed E-state index contributed by atoms with van der Waals surface area (Å²) in [6, 6.07) is 10.1. The lowest BCUT2D eigenvalue weighted by atomic mass is 9.88. The molecule has 1 aromatic carbocycles. The van der Waals surface area contributed by atoms with E-state index < -0.39 is 0 Å². The largest absolute Gasteiger partial charge is 0.373 e. The van der Waals surface area contributed by atoms with Crippen molar-refractivity contribution >= 4 is 5.91 Å². The first-order chi connectivity index (χ1) is 10.8. The molecule has 2 saturated heterocycles. The number of benzene rings is 1. The van der Waals surface area contributed by atoms with Crippen molar-refractivity contribution in [3.63, 3.8) is 0 Å². The zero-order chi connectivity index (χ0) is 15.2. The van der Waals surface area contributed by atoms with Crippen LogP contribution in [0.5, 0.6) is 0 Å². The fourth-order valence-corrected chi connectivity index (χ4v) is 3.50. The second kappa shape index (κ2) is 7.75. The highest BCUT2D eigenvalue weighted by molar-refractivity contribution is 5.79. The second-order valence-corrected chi connectivity index (χ2v) is 6.41. The predicted molar refractivity (Wildman–Crippen MR) is 86.5 cm³/mol. The van der Waals surface area contributed by atoms with Crippen molar-refractivity contribution in [1.82, 2.24) is 10.6 Å². The lowest BCUT2D eigenvalue weighted by molar-refractivity contribution is -0.134. The van der Waals surface area contributed by atoms with Gasteiger partial charge in [-0.1, -0.05) is 30.3 Å². The Labute approximate surface area is 132 Å². The maximum atomic E-state index is 12.6. The SMILES string of the molecule is O=C(NCC1CCCNC1)C1CCCOC1c1ccccc1. The molecule has 0 bridgehead atoms. The van der Waals surface area contributed by atoms with Crippen molar-refractivity contribution in [2.75, 3.05) is 26.2 Å². The Morgan fingerprint density at radius 2 is 2.09 bits per heavy atom. The monoisotopic (exact) mass is 302 g/mol. The van der Waals surface area contributed by atoms with Crippen LogP contribution in [0.15, 0.2) is 30.3 Å². The molecule has 4 heteroatoms. The van der Waals surface area contributed by atoms with Gasteiger partial charge in [-0.15, -0.1) is 0 Å². The number of hydrogen-bond donors (Lipinski definition) is 2. The van der Waals surface area contributed by atoms with Gasteiger partial charge >= 0.3 is 0 Å². The molecule has 1 aromatic rings. The van der Waals surface area contributed by atoms with Gasteiger partial charge in [-0.3, -0.25) is 4.79 Å². The summed E-state index contributed by atoms with van der Waals surface area (Å²) in [7, 11) is 0. The van der Waals surface area contributed by atoms with Gasteiger partial charge in [0.1, 0.15) is 0 Å². The van der Waals surface area contributed by atoms with Gasteiger partial charge in [0.15, 0.2) is 0 Å². The van der Waals surface area contributed by atoms with Crippen LogP contribution in [0.4, 0.5) is 0 Å². The molecule has 0 radical (unpaired) electrons. The fourth-order valence-electron chi connectivity index (χ4n) is 3.50.